The van der Waals surface area contributed by atoms with Gasteiger partial charge in [-0.2, -0.15) is 0 Å². The van der Waals surface area contributed by atoms with E-state index >= 15 is 0 Å². The third-order valence-corrected chi connectivity index (χ3v) is 6.72. The highest BCUT2D eigenvalue weighted by atomic mass is 16.7. The first-order valence-electron chi connectivity index (χ1n) is 9.01. The third-order valence-electron chi connectivity index (χ3n) is 6.72. The Kier molecular flexibility index (Phi) is 2.66. The maximum atomic E-state index is 12.7. The number of nitrogens with zero attached hydrogens (tertiary/aromatic N) is 4. The van der Waals surface area contributed by atoms with Crippen LogP contribution in [0.15, 0.2) is 17.7 Å². The van der Waals surface area contributed by atoms with Gasteiger partial charge in [0, 0.05) is 37.2 Å². The van der Waals surface area contributed by atoms with Crippen molar-refractivity contribution in [3.05, 3.63) is 18.2 Å². The molecule has 24 heavy (non-hydrogen) atoms. The van der Waals surface area contributed by atoms with E-state index in [1.54, 1.807) is 6.33 Å². The Balaban J connectivity index is 1.26. The Bertz CT molecular complexity index is 734. The highest BCUT2D eigenvalue weighted by Crippen LogP contribution is 2.66. The van der Waals surface area contributed by atoms with Crippen molar-refractivity contribution in [3.8, 4) is 0 Å². The lowest BCUT2D eigenvalue weighted by molar-refractivity contribution is 0.0650. The van der Waals surface area contributed by atoms with E-state index in [1.165, 1.54) is 5.71 Å². The Morgan fingerprint density at radius 2 is 2.04 bits per heavy atom. The molecule has 1 saturated heterocycles. The number of hydrogen-bond acceptors (Lipinski definition) is 4. The van der Waals surface area contributed by atoms with Gasteiger partial charge in [0.15, 0.2) is 0 Å². The zero-order valence-electron chi connectivity index (χ0n) is 14.5. The van der Waals surface area contributed by atoms with E-state index in [4.69, 9.17) is 4.84 Å². The zero-order chi connectivity index (χ0) is 16.7. The van der Waals surface area contributed by atoms with Gasteiger partial charge in [0.1, 0.15) is 11.3 Å². The van der Waals surface area contributed by atoms with Crippen molar-refractivity contribution in [2.24, 2.45) is 22.4 Å². The minimum Gasteiger partial charge on any atom is -0.389 e. The fourth-order valence-corrected chi connectivity index (χ4v) is 4.58. The van der Waals surface area contributed by atoms with E-state index in [1.807, 2.05) is 15.7 Å². The van der Waals surface area contributed by atoms with E-state index in [9.17, 15) is 4.79 Å². The van der Waals surface area contributed by atoms with E-state index in [2.05, 4.69) is 30.9 Å². The third kappa shape index (κ3) is 1.85. The fraction of sp³-hybridized carbons (Fsp3) is 0.722. The second-order valence-corrected chi connectivity index (χ2v) is 8.49. The van der Waals surface area contributed by atoms with Gasteiger partial charge in [-0.25, -0.2) is 4.98 Å². The molecule has 2 atom stereocenters. The monoisotopic (exact) mass is 328 g/mol. The average Bonchev–Trinajstić information content (AvgIpc) is 3.17. The number of fused-ring (bicyclic) bond motifs is 1. The largest absolute Gasteiger partial charge is 0.389 e. The van der Waals surface area contributed by atoms with Crippen molar-refractivity contribution in [2.75, 3.05) is 13.1 Å². The average molecular weight is 328 g/mol. The Hall–Kier alpha value is -1.85. The van der Waals surface area contributed by atoms with Crippen LogP contribution in [-0.2, 0) is 4.84 Å². The molecular weight excluding hydrogens is 304 g/mol. The van der Waals surface area contributed by atoms with E-state index in [0.29, 0.717) is 23.6 Å². The molecule has 1 aromatic rings. The van der Waals surface area contributed by atoms with Gasteiger partial charge in [0.25, 0.3) is 5.91 Å². The molecule has 5 rings (SSSR count). The van der Waals surface area contributed by atoms with Gasteiger partial charge in [-0.15, -0.1) is 0 Å². The molecule has 1 aromatic heterocycles. The molecule has 1 amide bonds. The quantitative estimate of drug-likeness (QED) is 0.856. The van der Waals surface area contributed by atoms with Crippen molar-refractivity contribution >= 4 is 11.6 Å². The highest BCUT2D eigenvalue weighted by Gasteiger charge is 2.70. The van der Waals surface area contributed by atoms with Crippen LogP contribution in [0.1, 0.15) is 56.6 Å². The Labute approximate surface area is 141 Å². The molecule has 3 fully saturated rings. The minimum absolute atomic E-state index is 0.0622. The summed E-state index contributed by atoms with van der Waals surface area (Å²) in [6.07, 6.45) is 6.91. The summed E-state index contributed by atoms with van der Waals surface area (Å²) >= 11 is 0. The van der Waals surface area contributed by atoms with Crippen LogP contribution in [0.2, 0.25) is 0 Å². The van der Waals surface area contributed by atoms with Crippen LogP contribution in [0.3, 0.4) is 0 Å². The predicted molar refractivity (Wildman–Crippen MR) is 88.7 cm³/mol. The summed E-state index contributed by atoms with van der Waals surface area (Å²) in [4.78, 5) is 24.6. The van der Waals surface area contributed by atoms with Crippen molar-refractivity contribution in [2.45, 2.75) is 51.7 Å². The minimum atomic E-state index is 0.0622. The number of likely N-dealkylation sites (tertiary alicyclic amines) is 1. The van der Waals surface area contributed by atoms with Crippen LogP contribution >= 0.6 is 0 Å². The molecule has 4 aliphatic rings. The van der Waals surface area contributed by atoms with Gasteiger partial charge in [0.05, 0.1) is 12.0 Å². The smallest absolute Gasteiger partial charge is 0.274 e. The fourth-order valence-electron chi connectivity index (χ4n) is 4.58. The highest BCUT2D eigenvalue weighted by molar-refractivity contribution is 5.97. The van der Waals surface area contributed by atoms with Crippen LogP contribution in [-0.4, -0.2) is 44.8 Å². The molecule has 6 nitrogen and oxygen atoms in total. The number of hydrogen-bond donors (Lipinski definition) is 0. The van der Waals surface area contributed by atoms with Gasteiger partial charge in [-0.3, -0.25) is 4.79 Å². The number of aromatic nitrogens is 2. The number of rotatable bonds is 3. The summed E-state index contributed by atoms with van der Waals surface area (Å²) in [5.41, 5.74) is 2.02. The van der Waals surface area contributed by atoms with E-state index < -0.39 is 0 Å². The topological polar surface area (TPSA) is 59.7 Å². The lowest BCUT2D eigenvalue weighted by atomic mass is 9.91. The molecule has 2 saturated carbocycles. The number of piperidine rings is 1. The first-order chi connectivity index (χ1) is 11.4. The first kappa shape index (κ1) is 14.5. The molecule has 6 heteroatoms. The number of oxime groups is 1. The molecule has 2 aliphatic carbocycles. The first-order valence-corrected chi connectivity index (χ1v) is 9.01. The second kappa shape index (κ2) is 4.41. The molecule has 0 radical (unpaired) electrons. The molecule has 3 heterocycles. The number of imidazole rings is 1. The van der Waals surface area contributed by atoms with E-state index in [-0.39, 0.29) is 16.9 Å². The summed E-state index contributed by atoms with van der Waals surface area (Å²) in [5.74, 6) is 1.13. The summed E-state index contributed by atoms with van der Waals surface area (Å²) in [7, 11) is 0. The molecular formula is C18H24N4O2. The maximum absolute atomic E-state index is 12.7. The van der Waals surface area contributed by atoms with Crippen LogP contribution in [0.5, 0.6) is 0 Å². The van der Waals surface area contributed by atoms with Crippen molar-refractivity contribution in [1.29, 1.82) is 0 Å². The maximum Gasteiger partial charge on any atom is 0.274 e. The van der Waals surface area contributed by atoms with E-state index in [0.717, 1.165) is 32.4 Å². The lowest BCUT2D eigenvalue weighted by Gasteiger charge is -2.23. The Morgan fingerprint density at radius 1 is 1.33 bits per heavy atom. The summed E-state index contributed by atoms with van der Waals surface area (Å²) in [6.45, 7) is 8.12. The van der Waals surface area contributed by atoms with Crippen LogP contribution in [0.4, 0.5) is 0 Å². The molecule has 2 aliphatic heterocycles. The molecule has 128 valence electrons. The number of amides is 1. The van der Waals surface area contributed by atoms with Crippen molar-refractivity contribution < 1.29 is 9.63 Å². The second-order valence-electron chi connectivity index (χ2n) is 8.49. The molecule has 0 N–H and O–H groups in total. The predicted octanol–water partition coefficient (Wildman–Crippen LogP) is 2.48. The molecule has 0 bridgehead atoms. The lowest BCUT2D eigenvalue weighted by Crippen LogP contribution is -2.35. The zero-order valence-corrected chi connectivity index (χ0v) is 14.5. The van der Waals surface area contributed by atoms with Gasteiger partial charge < -0.3 is 14.3 Å². The Morgan fingerprint density at radius 3 is 2.58 bits per heavy atom. The van der Waals surface area contributed by atoms with Crippen LogP contribution in [0.25, 0.3) is 0 Å². The molecule has 1 spiro atoms. The van der Waals surface area contributed by atoms with Gasteiger partial charge in [0.2, 0.25) is 0 Å². The van der Waals surface area contributed by atoms with Crippen LogP contribution < -0.4 is 0 Å². The molecule has 2 unspecified atom stereocenters. The number of carbonyl (C=O) groups is 1. The van der Waals surface area contributed by atoms with Gasteiger partial charge in [-0.1, -0.05) is 12.1 Å². The molecule has 0 aromatic carbocycles. The normalized spacial score (nSPS) is 35.2. The van der Waals surface area contributed by atoms with Crippen molar-refractivity contribution in [3.63, 3.8) is 0 Å². The van der Waals surface area contributed by atoms with Gasteiger partial charge >= 0.3 is 0 Å². The summed E-state index contributed by atoms with van der Waals surface area (Å²) in [6, 6.07) is 0.324. The van der Waals surface area contributed by atoms with Gasteiger partial charge in [-0.05, 0) is 38.5 Å². The number of carbonyl (C=O) groups excluding carboxylic acids is 1. The standard InChI is InChI=1S/C18H24N4O2/c1-11(2)22-9-14(19-10-22)16(23)21-7-12-13(8-21)17(12,3)15-6-18(4-5-18)24-20-15/h9-13H,4-8H2,1-3H3. The summed E-state index contributed by atoms with van der Waals surface area (Å²) < 4.78 is 1.98. The van der Waals surface area contributed by atoms with Crippen LogP contribution in [0, 0.1) is 17.3 Å². The summed E-state index contributed by atoms with van der Waals surface area (Å²) in [5, 5.41) is 4.42. The van der Waals surface area contributed by atoms with Crippen molar-refractivity contribution in [1.82, 2.24) is 14.5 Å². The SMILES string of the molecule is CC(C)n1cnc(C(=O)N2CC3C(C2)C3(C)C2=NOC3(CC3)C2)c1.